The number of rotatable bonds is 6. The molecule has 0 aliphatic heterocycles. The zero-order valence-corrected chi connectivity index (χ0v) is 12.0. The molecule has 20 heavy (non-hydrogen) atoms. The molecule has 0 aromatic heterocycles. The summed E-state index contributed by atoms with van der Waals surface area (Å²) in [4.78, 5) is 12.0. The minimum absolute atomic E-state index is 0.159. The van der Waals surface area contributed by atoms with E-state index in [1.165, 1.54) is 25.3 Å². The molecule has 0 atom stereocenters. The van der Waals surface area contributed by atoms with Crippen LogP contribution >= 0.6 is 0 Å². The second-order valence-electron chi connectivity index (χ2n) is 4.57. The normalized spacial score (nSPS) is 11.1. The van der Waals surface area contributed by atoms with Gasteiger partial charge in [-0.2, -0.15) is 0 Å². The average molecular weight is 284 g/mol. The molecule has 0 radical (unpaired) electrons. The molecule has 0 unspecified atom stereocenters. The molecular formula is C14H21FN2O3. The Labute approximate surface area is 118 Å². The molecule has 0 spiro atoms. The Bertz CT molecular complexity index is 453. The van der Waals surface area contributed by atoms with Gasteiger partial charge in [0.15, 0.2) is 0 Å². The van der Waals surface area contributed by atoms with Crippen LogP contribution in [0.15, 0.2) is 18.2 Å². The van der Waals surface area contributed by atoms with Gasteiger partial charge in [0, 0.05) is 6.07 Å². The number of anilines is 1. The van der Waals surface area contributed by atoms with Crippen LogP contribution in [0.1, 0.15) is 26.7 Å². The summed E-state index contributed by atoms with van der Waals surface area (Å²) >= 11 is 0. The summed E-state index contributed by atoms with van der Waals surface area (Å²) in [5.74, 6) is -0.107. The van der Waals surface area contributed by atoms with Crippen LogP contribution in [0.5, 0.6) is 5.75 Å². The Morgan fingerprint density at radius 1 is 1.40 bits per heavy atom. The third-order valence-corrected chi connectivity index (χ3v) is 3.44. The Hall–Kier alpha value is -1.82. The van der Waals surface area contributed by atoms with E-state index in [1.54, 1.807) is 0 Å². The van der Waals surface area contributed by atoms with Gasteiger partial charge in [-0.15, -0.1) is 0 Å². The molecule has 1 aromatic carbocycles. The predicted octanol–water partition coefficient (Wildman–Crippen LogP) is 2.51. The van der Waals surface area contributed by atoms with Crippen LogP contribution in [0.2, 0.25) is 0 Å². The molecule has 3 N–H and O–H groups in total. The molecule has 112 valence electrons. The number of halogens is 1. The van der Waals surface area contributed by atoms with Crippen molar-refractivity contribution in [3.63, 3.8) is 0 Å². The molecule has 0 saturated carbocycles. The fraction of sp³-hybridized carbons (Fsp3) is 0.500. The number of aliphatic hydroxyl groups is 1. The number of carbonyl (C=O) groups excluding carboxylic acids is 1. The van der Waals surface area contributed by atoms with Gasteiger partial charge in [0.05, 0.1) is 24.9 Å². The van der Waals surface area contributed by atoms with Crippen LogP contribution < -0.4 is 15.4 Å². The van der Waals surface area contributed by atoms with Gasteiger partial charge in [-0.1, -0.05) is 13.8 Å². The van der Waals surface area contributed by atoms with E-state index in [-0.39, 0.29) is 12.3 Å². The fourth-order valence-electron chi connectivity index (χ4n) is 1.86. The van der Waals surface area contributed by atoms with Crippen molar-refractivity contribution < 1.29 is 19.0 Å². The van der Waals surface area contributed by atoms with Gasteiger partial charge in [-0.05, 0) is 25.0 Å². The number of urea groups is 1. The lowest BCUT2D eigenvalue weighted by Crippen LogP contribution is -2.52. The number of nitrogens with one attached hydrogen (secondary N) is 2. The van der Waals surface area contributed by atoms with Crippen LogP contribution in [0.4, 0.5) is 14.9 Å². The summed E-state index contributed by atoms with van der Waals surface area (Å²) in [6.45, 7) is 3.60. The lowest BCUT2D eigenvalue weighted by molar-refractivity contribution is 0.155. The Balaban J connectivity index is 2.83. The molecule has 0 saturated heterocycles. The number of aliphatic hydroxyl groups excluding tert-OH is 1. The highest BCUT2D eigenvalue weighted by Gasteiger charge is 2.27. The number of ether oxygens (including phenoxy) is 1. The summed E-state index contributed by atoms with van der Waals surface area (Å²) in [7, 11) is 1.44. The van der Waals surface area contributed by atoms with E-state index in [9.17, 15) is 14.3 Å². The zero-order chi connectivity index (χ0) is 15.2. The molecule has 1 aromatic rings. The van der Waals surface area contributed by atoms with Crippen molar-refractivity contribution in [1.29, 1.82) is 0 Å². The van der Waals surface area contributed by atoms with Crippen molar-refractivity contribution >= 4 is 11.7 Å². The summed E-state index contributed by atoms with van der Waals surface area (Å²) in [6, 6.07) is 3.35. The molecule has 1 rings (SSSR count). The monoisotopic (exact) mass is 284 g/mol. The maximum Gasteiger partial charge on any atom is 0.319 e. The SMILES string of the molecule is CCC(CC)(CO)NC(=O)Nc1cc(F)ccc1OC. The van der Waals surface area contributed by atoms with Crippen LogP contribution in [-0.4, -0.2) is 30.4 Å². The van der Waals surface area contributed by atoms with Crippen molar-refractivity contribution in [2.75, 3.05) is 19.0 Å². The van der Waals surface area contributed by atoms with Gasteiger partial charge in [-0.25, -0.2) is 9.18 Å². The summed E-state index contributed by atoms with van der Waals surface area (Å²) in [6.07, 6.45) is 1.18. The zero-order valence-electron chi connectivity index (χ0n) is 12.0. The van der Waals surface area contributed by atoms with Crippen molar-refractivity contribution in [3.8, 4) is 5.75 Å². The maximum absolute atomic E-state index is 13.2. The number of hydrogen-bond donors (Lipinski definition) is 3. The first kappa shape index (κ1) is 16.2. The number of methoxy groups -OCH3 is 1. The molecule has 2 amide bonds. The lowest BCUT2D eigenvalue weighted by atomic mass is 9.94. The van der Waals surface area contributed by atoms with Gasteiger partial charge in [0.1, 0.15) is 11.6 Å². The molecular weight excluding hydrogens is 263 g/mol. The van der Waals surface area contributed by atoms with Crippen molar-refractivity contribution in [1.82, 2.24) is 5.32 Å². The molecule has 0 heterocycles. The number of amides is 2. The number of benzene rings is 1. The summed E-state index contributed by atoms with van der Waals surface area (Å²) < 4.78 is 18.3. The molecule has 0 bridgehead atoms. The van der Waals surface area contributed by atoms with E-state index in [4.69, 9.17) is 4.74 Å². The molecule has 0 fully saturated rings. The maximum atomic E-state index is 13.2. The van der Waals surface area contributed by atoms with Gasteiger partial charge >= 0.3 is 6.03 Å². The van der Waals surface area contributed by atoms with E-state index in [0.717, 1.165) is 0 Å². The molecule has 6 heteroatoms. The average Bonchev–Trinajstić information content (AvgIpc) is 2.45. The van der Waals surface area contributed by atoms with Crippen LogP contribution in [0, 0.1) is 5.82 Å². The highest BCUT2D eigenvalue weighted by atomic mass is 19.1. The summed E-state index contributed by atoms with van der Waals surface area (Å²) in [5.41, 5.74) is -0.436. The first-order chi connectivity index (χ1) is 9.50. The highest BCUT2D eigenvalue weighted by molar-refractivity contribution is 5.91. The quantitative estimate of drug-likeness (QED) is 0.751. The first-order valence-electron chi connectivity index (χ1n) is 6.53. The van der Waals surface area contributed by atoms with E-state index < -0.39 is 17.4 Å². The lowest BCUT2D eigenvalue weighted by Gasteiger charge is -2.30. The molecule has 5 nitrogen and oxygen atoms in total. The van der Waals surface area contributed by atoms with Crippen molar-refractivity contribution in [2.45, 2.75) is 32.2 Å². The molecule has 0 aliphatic rings. The Morgan fingerprint density at radius 3 is 2.55 bits per heavy atom. The standard InChI is InChI=1S/C14H21FN2O3/c1-4-14(5-2,9-18)17-13(19)16-11-8-10(15)6-7-12(11)20-3/h6-8,18H,4-5,9H2,1-3H3,(H2,16,17,19). The number of carbonyl (C=O) groups is 1. The van der Waals surface area contributed by atoms with E-state index in [0.29, 0.717) is 18.6 Å². The second kappa shape index (κ2) is 7.09. The van der Waals surface area contributed by atoms with Crippen molar-refractivity contribution in [2.24, 2.45) is 0 Å². The van der Waals surface area contributed by atoms with Crippen molar-refractivity contribution in [3.05, 3.63) is 24.0 Å². The largest absolute Gasteiger partial charge is 0.495 e. The second-order valence-corrected chi connectivity index (χ2v) is 4.57. The van der Waals surface area contributed by atoms with Crippen LogP contribution in [0.25, 0.3) is 0 Å². The molecule has 0 aliphatic carbocycles. The van der Waals surface area contributed by atoms with Gasteiger partial charge in [0.25, 0.3) is 0 Å². The third-order valence-electron chi connectivity index (χ3n) is 3.44. The smallest absolute Gasteiger partial charge is 0.319 e. The number of hydrogen-bond acceptors (Lipinski definition) is 3. The highest BCUT2D eigenvalue weighted by Crippen LogP contribution is 2.25. The van der Waals surface area contributed by atoms with Gasteiger partial charge < -0.3 is 20.5 Å². The Morgan fingerprint density at radius 2 is 2.05 bits per heavy atom. The van der Waals surface area contributed by atoms with Crippen LogP contribution in [-0.2, 0) is 0 Å². The summed E-state index contributed by atoms with van der Waals surface area (Å²) in [5, 5.41) is 14.7. The third kappa shape index (κ3) is 3.84. The fourth-order valence-corrected chi connectivity index (χ4v) is 1.86. The minimum Gasteiger partial charge on any atom is -0.495 e. The van der Waals surface area contributed by atoms with Gasteiger partial charge in [0.2, 0.25) is 0 Å². The van der Waals surface area contributed by atoms with E-state index in [1.807, 2.05) is 13.8 Å². The van der Waals surface area contributed by atoms with Gasteiger partial charge in [-0.3, -0.25) is 0 Å². The van der Waals surface area contributed by atoms with Crippen LogP contribution in [0.3, 0.4) is 0 Å². The van der Waals surface area contributed by atoms with E-state index >= 15 is 0 Å². The Kier molecular flexibility index (Phi) is 5.76. The predicted molar refractivity (Wildman–Crippen MR) is 75.5 cm³/mol. The van der Waals surface area contributed by atoms with E-state index in [2.05, 4.69) is 10.6 Å². The minimum atomic E-state index is -0.676. The first-order valence-corrected chi connectivity index (χ1v) is 6.53. The topological polar surface area (TPSA) is 70.6 Å².